The van der Waals surface area contributed by atoms with E-state index in [1.807, 2.05) is 55.5 Å². The Kier molecular flexibility index (Phi) is 7.59. The Bertz CT molecular complexity index is 1450. The van der Waals surface area contributed by atoms with Gasteiger partial charge in [0.25, 0.3) is 0 Å². The number of nitrogens with zero attached hydrogens (tertiary/aromatic N) is 2. The van der Waals surface area contributed by atoms with Crippen molar-refractivity contribution < 1.29 is 19.4 Å². The molecule has 2 heterocycles. The highest BCUT2D eigenvalue weighted by Gasteiger charge is 2.28. The van der Waals surface area contributed by atoms with Crippen LogP contribution in [-0.2, 0) is 16.0 Å². The lowest BCUT2D eigenvalue weighted by atomic mass is 9.89. The fraction of sp³-hybridized carbons (Fsp3) is 0.344. The Morgan fingerprint density at radius 3 is 2.47 bits per heavy atom. The van der Waals surface area contributed by atoms with E-state index in [-0.39, 0.29) is 17.5 Å². The van der Waals surface area contributed by atoms with Crippen molar-refractivity contribution in [1.29, 1.82) is 0 Å². The van der Waals surface area contributed by atoms with Gasteiger partial charge in [-0.2, -0.15) is 0 Å². The lowest BCUT2D eigenvalue weighted by Gasteiger charge is -2.25. The predicted molar refractivity (Wildman–Crippen MR) is 147 cm³/mol. The zero-order valence-electron chi connectivity index (χ0n) is 22.0. The van der Waals surface area contributed by atoms with Crippen LogP contribution < -0.4 is 0 Å². The number of carboxylic acids is 1. The molecule has 0 aliphatic heterocycles. The van der Waals surface area contributed by atoms with E-state index in [4.69, 9.17) is 9.72 Å². The number of pyridine rings is 1. The zero-order chi connectivity index (χ0) is 26.6. The number of imidazole rings is 1. The summed E-state index contributed by atoms with van der Waals surface area (Å²) >= 11 is 0. The van der Waals surface area contributed by atoms with Gasteiger partial charge in [0.05, 0.1) is 22.9 Å². The molecular formula is C32H34N2O4. The molecule has 196 valence electrons. The maximum Gasteiger partial charge on any atom is 0.336 e. The Balaban J connectivity index is 1.56. The smallest absolute Gasteiger partial charge is 0.336 e. The van der Waals surface area contributed by atoms with Gasteiger partial charge in [0.1, 0.15) is 5.65 Å². The molecule has 0 saturated heterocycles. The van der Waals surface area contributed by atoms with E-state index < -0.39 is 12.1 Å². The van der Waals surface area contributed by atoms with Crippen molar-refractivity contribution in [3.8, 4) is 11.1 Å². The second kappa shape index (κ2) is 11.2. The van der Waals surface area contributed by atoms with E-state index in [1.54, 1.807) is 12.1 Å². The number of hydrogen-bond acceptors (Lipinski definition) is 4. The van der Waals surface area contributed by atoms with Crippen LogP contribution in [0.15, 0.2) is 66.9 Å². The molecule has 0 bridgehead atoms. The molecule has 6 heteroatoms. The maximum atomic E-state index is 13.4. The highest BCUT2D eigenvalue weighted by atomic mass is 16.5. The molecule has 4 aromatic rings. The summed E-state index contributed by atoms with van der Waals surface area (Å²) in [5, 5.41) is 9.64. The van der Waals surface area contributed by atoms with Gasteiger partial charge in [0.15, 0.2) is 6.10 Å². The van der Waals surface area contributed by atoms with E-state index in [0.717, 1.165) is 72.3 Å². The van der Waals surface area contributed by atoms with Crippen LogP contribution in [0.2, 0.25) is 0 Å². The average Bonchev–Trinajstić information content (AvgIpc) is 3.38. The van der Waals surface area contributed by atoms with Gasteiger partial charge in [-0.15, -0.1) is 0 Å². The highest BCUT2D eigenvalue weighted by Crippen LogP contribution is 2.34. The van der Waals surface area contributed by atoms with Crippen LogP contribution in [-0.4, -0.2) is 26.4 Å². The van der Waals surface area contributed by atoms with Gasteiger partial charge in [-0.1, -0.05) is 81.1 Å². The number of carboxylic acid groups (broad SMARTS) is 1. The number of aromatic nitrogens is 2. The number of hydrogen-bond donors (Lipinski definition) is 1. The van der Waals surface area contributed by atoms with Crippen molar-refractivity contribution in [3.05, 3.63) is 94.9 Å². The normalized spacial score (nSPS) is 14.9. The van der Waals surface area contributed by atoms with Crippen molar-refractivity contribution in [2.24, 2.45) is 5.92 Å². The minimum Gasteiger partial charge on any atom is -0.478 e. The van der Waals surface area contributed by atoms with Gasteiger partial charge >= 0.3 is 11.9 Å². The minimum absolute atomic E-state index is 0.0765. The largest absolute Gasteiger partial charge is 0.478 e. The molecule has 6 nitrogen and oxygen atoms in total. The van der Waals surface area contributed by atoms with Crippen LogP contribution >= 0.6 is 0 Å². The summed E-state index contributed by atoms with van der Waals surface area (Å²) < 4.78 is 8.37. The lowest BCUT2D eigenvalue weighted by Crippen LogP contribution is -2.24. The molecule has 0 radical (unpaired) electrons. The van der Waals surface area contributed by atoms with E-state index >= 15 is 0 Å². The number of fused-ring (bicyclic) bond motifs is 1. The SMILES string of the molecule is CCCc1cn2c(C(OC(=O)C3CCCCC3)c3ccc(-c4ccccc4C(=O)O)cc3)ccc(C)c2n1. The van der Waals surface area contributed by atoms with Crippen LogP contribution in [0.1, 0.15) is 84.4 Å². The quantitative estimate of drug-likeness (QED) is 0.254. The average molecular weight is 511 g/mol. The van der Waals surface area contributed by atoms with Crippen molar-refractivity contribution in [3.63, 3.8) is 0 Å². The molecule has 2 aromatic carbocycles. The molecule has 1 saturated carbocycles. The van der Waals surface area contributed by atoms with Gasteiger partial charge in [-0.25, -0.2) is 9.78 Å². The molecule has 1 fully saturated rings. The van der Waals surface area contributed by atoms with E-state index in [0.29, 0.717) is 5.56 Å². The van der Waals surface area contributed by atoms with Crippen LogP contribution in [0.4, 0.5) is 0 Å². The fourth-order valence-corrected chi connectivity index (χ4v) is 5.47. The number of benzene rings is 2. The van der Waals surface area contributed by atoms with Crippen molar-refractivity contribution in [2.75, 3.05) is 0 Å². The highest BCUT2D eigenvalue weighted by molar-refractivity contribution is 5.96. The summed E-state index contributed by atoms with van der Waals surface area (Å²) in [6.07, 6.45) is 8.33. The fourth-order valence-electron chi connectivity index (χ4n) is 5.47. The first-order chi connectivity index (χ1) is 18.5. The minimum atomic E-state index is -0.964. The number of carbonyl (C=O) groups excluding carboxylic acids is 1. The number of ether oxygens (including phenoxy) is 1. The molecule has 1 N–H and O–H groups in total. The topological polar surface area (TPSA) is 80.9 Å². The molecule has 2 aromatic heterocycles. The third-order valence-corrected chi connectivity index (χ3v) is 7.52. The molecule has 1 aliphatic carbocycles. The van der Waals surface area contributed by atoms with E-state index in [2.05, 4.69) is 17.5 Å². The van der Waals surface area contributed by atoms with E-state index in [1.165, 1.54) is 6.42 Å². The molecule has 5 rings (SSSR count). The van der Waals surface area contributed by atoms with Gasteiger partial charge in [0.2, 0.25) is 0 Å². The third kappa shape index (κ3) is 5.21. The summed E-state index contributed by atoms with van der Waals surface area (Å²) in [6, 6.07) is 18.7. The molecule has 1 atom stereocenters. The second-order valence-electron chi connectivity index (χ2n) is 10.2. The summed E-state index contributed by atoms with van der Waals surface area (Å²) in [5.74, 6) is -1.20. The monoisotopic (exact) mass is 510 g/mol. The van der Waals surface area contributed by atoms with Crippen LogP contribution in [0.3, 0.4) is 0 Å². The Morgan fingerprint density at radius 2 is 1.76 bits per heavy atom. The number of carbonyl (C=O) groups is 2. The van der Waals surface area contributed by atoms with Crippen LogP contribution in [0.25, 0.3) is 16.8 Å². The number of aromatic carboxylic acids is 1. The maximum absolute atomic E-state index is 13.4. The molecule has 1 unspecified atom stereocenters. The van der Waals surface area contributed by atoms with Crippen LogP contribution in [0, 0.1) is 12.8 Å². The Labute approximate surface area is 223 Å². The van der Waals surface area contributed by atoms with Crippen LogP contribution in [0.5, 0.6) is 0 Å². The van der Waals surface area contributed by atoms with Crippen molar-refractivity contribution >= 4 is 17.6 Å². The summed E-state index contributed by atoms with van der Waals surface area (Å²) in [7, 11) is 0. The lowest BCUT2D eigenvalue weighted by molar-refractivity contribution is -0.153. The molecular weight excluding hydrogens is 476 g/mol. The molecule has 1 aliphatic rings. The predicted octanol–water partition coefficient (Wildman–Crippen LogP) is 7.17. The van der Waals surface area contributed by atoms with Gasteiger partial charge in [-0.3, -0.25) is 9.20 Å². The molecule has 0 spiro atoms. The first kappa shape index (κ1) is 25.7. The number of aryl methyl sites for hydroxylation is 2. The standard InChI is InChI=1S/C32H34N2O4/c1-3-9-25-20-34-28(19-14-21(2)30(34)33-25)29(38-32(37)24-10-5-4-6-11-24)23-17-15-22(16-18-23)26-12-7-8-13-27(26)31(35)36/h7-8,12-20,24,29H,3-6,9-11H2,1-2H3,(H,35,36). The Hall–Kier alpha value is -3.93. The van der Waals surface area contributed by atoms with Gasteiger partial charge in [-0.05, 0) is 60.6 Å². The van der Waals surface area contributed by atoms with E-state index in [9.17, 15) is 14.7 Å². The van der Waals surface area contributed by atoms with Gasteiger partial charge in [0, 0.05) is 6.20 Å². The number of esters is 1. The third-order valence-electron chi connectivity index (χ3n) is 7.52. The summed E-state index contributed by atoms with van der Waals surface area (Å²) in [4.78, 5) is 30.0. The first-order valence-electron chi connectivity index (χ1n) is 13.6. The van der Waals surface area contributed by atoms with Crippen molar-refractivity contribution in [2.45, 2.75) is 64.9 Å². The Morgan fingerprint density at radius 1 is 1.03 bits per heavy atom. The second-order valence-corrected chi connectivity index (χ2v) is 10.2. The zero-order valence-corrected chi connectivity index (χ0v) is 22.0. The summed E-state index contributed by atoms with van der Waals surface area (Å²) in [5.41, 5.74) is 6.34. The summed E-state index contributed by atoms with van der Waals surface area (Å²) in [6.45, 7) is 4.18. The van der Waals surface area contributed by atoms with Crippen molar-refractivity contribution in [1.82, 2.24) is 9.38 Å². The van der Waals surface area contributed by atoms with Gasteiger partial charge < -0.3 is 9.84 Å². The molecule has 0 amide bonds. The first-order valence-corrected chi connectivity index (χ1v) is 13.6. The molecule has 38 heavy (non-hydrogen) atoms. The number of rotatable bonds is 8.